The molecule has 31 heavy (non-hydrogen) atoms. The SMILES string of the molecule is COc1ccc(Cl)cc1CN1CC[C@H](C(=O)NCC(=O)COc2c(C)cccc2C)C1. The summed E-state index contributed by atoms with van der Waals surface area (Å²) in [5, 5.41) is 3.42. The van der Waals surface area contributed by atoms with Crippen LogP contribution < -0.4 is 14.8 Å². The number of para-hydroxylation sites is 1. The zero-order chi connectivity index (χ0) is 22.4. The molecule has 1 heterocycles. The third kappa shape index (κ3) is 6.21. The molecule has 1 N–H and O–H groups in total. The van der Waals surface area contributed by atoms with Crippen LogP contribution in [-0.2, 0) is 16.1 Å². The molecule has 1 atom stereocenters. The highest BCUT2D eigenvalue weighted by molar-refractivity contribution is 6.30. The number of aryl methyl sites for hydroxylation is 2. The van der Waals surface area contributed by atoms with Crippen molar-refractivity contribution in [1.82, 2.24) is 10.2 Å². The summed E-state index contributed by atoms with van der Waals surface area (Å²) in [4.78, 5) is 26.9. The number of halogens is 1. The summed E-state index contributed by atoms with van der Waals surface area (Å²) in [5.41, 5.74) is 2.97. The van der Waals surface area contributed by atoms with Crippen LogP contribution in [0.2, 0.25) is 5.02 Å². The summed E-state index contributed by atoms with van der Waals surface area (Å²) in [6.07, 6.45) is 0.752. The number of methoxy groups -OCH3 is 1. The van der Waals surface area contributed by atoms with E-state index in [9.17, 15) is 9.59 Å². The number of carbonyl (C=O) groups is 2. The number of nitrogens with zero attached hydrogens (tertiary/aromatic N) is 1. The molecule has 0 bridgehead atoms. The molecule has 1 aliphatic rings. The number of amides is 1. The largest absolute Gasteiger partial charge is 0.496 e. The smallest absolute Gasteiger partial charge is 0.224 e. The van der Waals surface area contributed by atoms with Crippen LogP contribution >= 0.6 is 11.6 Å². The second-order valence-corrected chi connectivity index (χ2v) is 8.38. The molecule has 2 aromatic rings. The number of ketones is 1. The minimum atomic E-state index is -0.158. The molecule has 0 saturated carbocycles. The van der Waals surface area contributed by atoms with Gasteiger partial charge in [0, 0.05) is 23.7 Å². The van der Waals surface area contributed by atoms with Crippen LogP contribution in [0.5, 0.6) is 11.5 Å². The first-order chi connectivity index (χ1) is 14.9. The zero-order valence-electron chi connectivity index (χ0n) is 18.2. The number of benzene rings is 2. The average molecular weight is 445 g/mol. The van der Waals surface area contributed by atoms with E-state index in [1.54, 1.807) is 13.2 Å². The first kappa shape index (κ1) is 23.1. The molecule has 0 aliphatic carbocycles. The Morgan fingerprint density at radius 3 is 2.65 bits per heavy atom. The first-order valence-corrected chi connectivity index (χ1v) is 10.8. The third-order valence-electron chi connectivity index (χ3n) is 5.53. The van der Waals surface area contributed by atoms with Crippen LogP contribution in [0.4, 0.5) is 0 Å². The minimum Gasteiger partial charge on any atom is -0.496 e. The van der Waals surface area contributed by atoms with Gasteiger partial charge < -0.3 is 14.8 Å². The van der Waals surface area contributed by atoms with E-state index in [-0.39, 0.29) is 30.8 Å². The van der Waals surface area contributed by atoms with Gasteiger partial charge in [0.2, 0.25) is 5.91 Å². The molecule has 1 saturated heterocycles. The Morgan fingerprint density at radius 1 is 1.19 bits per heavy atom. The van der Waals surface area contributed by atoms with Crippen molar-refractivity contribution in [2.24, 2.45) is 5.92 Å². The molecule has 0 aromatic heterocycles. The van der Waals surface area contributed by atoms with Gasteiger partial charge in [0.1, 0.15) is 18.1 Å². The Kier molecular flexibility index (Phi) is 7.93. The van der Waals surface area contributed by atoms with Gasteiger partial charge >= 0.3 is 0 Å². The van der Waals surface area contributed by atoms with Gasteiger partial charge in [-0.2, -0.15) is 0 Å². The van der Waals surface area contributed by atoms with E-state index in [2.05, 4.69) is 10.2 Å². The van der Waals surface area contributed by atoms with Crippen molar-refractivity contribution in [2.45, 2.75) is 26.8 Å². The summed E-state index contributed by atoms with van der Waals surface area (Å²) in [6.45, 7) is 5.90. The number of likely N-dealkylation sites (tertiary alicyclic amines) is 1. The molecule has 7 heteroatoms. The second-order valence-electron chi connectivity index (χ2n) is 7.94. The van der Waals surface area contributed by atoms with Crippen molar-refractivity contribution in [3.63, 3.8) is 0 Å². The molecule has 3 rings (SSSR count). The Labute approximate surface area is 188 Å². The van der Waals surface area contributed by atoms with Crippen molar-refractivity contribution in [3.8, 4) is 11.5 Å². The van der Waals surface area contributed by atoms with E-state index in [1.165, 1.54) is 0 Å². The van der Waals surface area contributed by atoms with E-state index < -0.39 is 0 Å². The molecule has 166 valence electrons. The lowest BCUT2D eigenvalue weighted by atomic mass is 10.1. The van der Waals surface area contributed by atoms with Crippen LogP contribution in [-0.4, -0.2) is 49.9 Å². The van der Waals surface area contributed by atoms with Crippen LogP contribution in [0.1, 0.15) is 23.1 Å². The van der Waals surface area contributed by atoms with E-state index in [4.69, 9.17) is 21.1 Å². The summed E-state index contributed by atoms with van der Waals surface area (Å²) < 4.78 is 11.1. The fraction of sp³-hybridized carbons (Fsp3) is 0.417. The lowest BCUT2D eigenvalue weighted by Crippen LogP contribution is -2.37. The van der Waals surface area contributed by atoms with Gasteiger partial charge in [0.25, 0.3) is 0 Å². The van der Waals surface area contributed by atoms with E-state index >= 15 is 0 Å². The van der Waals surface area contributed by atoms with Crippen LogP contribution in [0.25, 0.3) is 0 Å². The number of rotatable bonds is 9. The van der Waals surface area contributed by atoms with E-state index in [0.717, 1.165) is 41.2 Å². The number of Topliss-reactive ketones (excluding diaryl/α,β-unsaturated/α-hetero) is 1. The van der Waals surface area contributed by atoms with Gasteiger partial charge in [-0.1, -0.05) is 29.8 Å². The predicted molar refractivity (Wildman–Crippen MR) is 121 cm³/mol. The highest BCUT2D eigenvalue weighted by Crippen LogP contribution is 2.27. The lowest BCUT2D eigenvalue weighted by Gasteiger charge is -2.18. The Hall–Kier alpha value is -2.57. The Morgan fingerprint density at radius 2 is 1.94 bits per heavy atom. The fourth-order valence-electron chi connectivity index (χ4n) is 3.86. The topological polar surface area (TPSA) is 67.9 Å². The maximum absolute atomic E-state index is 12.5. The summed E-state index contributed by atoms with van der Waals surface area (Å²) in [5.74, 6) is 1.12. The van der Waals surface area contributed by atoms with Crippen molar-refractivity contribution in [2.75, 3.05) is 33.4 Å². The van der Waals surface area contributed by atoms with Crippen LogP contribution in [0.3, 0.4) is 0 Å². The average Bonchev–Trinajstić information content (AvgIpc) is 3.20. The normalized spacial score (nSPS) is 16.2. The lowest BCUT2D eigenvalue weighted by molar-refractivity contribution is -0.128. The predicted octanol–water partition coefficient (Wildman–Crippen LogP) is 3.55. The van der Waals surface area contributed by atoms with E-state index in [1.807, 2.05) is 44.2 Å². The van der Waals surface area contributed by atoms with Gasteiger partial charge in [0.05, 0.1) is 19.6 Å². The molecule has 0 radical (unpaired) electrons. The number of hydrogen-bond donors (Lipinski definition) is 1. The van der Waals surface area contributed by atoms with Gasteiger partial charge in [-0.15, -0.1) is 0 Å². The molecule has 1 aliphatic heterocycles. The van der Waals surface area contributed by atoms with Crippen molar-refractivity contribution >= 4 is 23.3 Å². The minimum absolute atomic E-state index is 0.0254. The first-order valence-electron chi connectivity index (χ1n) is 10.4. The Balaban J connectivity index is 1.44. The summed E-state index contributed by atoms with van der Waals surface area (Å²) in [7, 11) is 1.63. The second kappa shape index (κ2) is 10.6. The standard InChI is InChI=1S/C24H29ClN2O4/c1-16-5-4-6-17(2)23(16)31-15-21(28)12-26-24(29)18-9-10-27(13-18)14-19-11-20(25)7-8-22(19)30-3/h4-8,11,18H,9-10,12-15H2,1-3H3,(H,26,29)/t18-/m0/s1. The highest BCUT2D eigenvalue weighted by Gasteiger charge is 2.29. The molecule has 1 fully saturated rings. The molecule has 1 amide bonds. The number of hydrogen-bond acceptors (Lipinski definition) is 5. The van der Waals surface area contributed by atoms with Crippen molar-refractivity contribution in [1.29, 1.82) is 0 Å². The fourth-order valence-corrected chi connectivity index (χ4v) is 4.06. The van der Waals surface area contributed by atoms with Crippen molar-refractivity contribution < 1.29 is 19.1 Å². The number of nitrogens with one attached hydrogen (secondary N) is 1. The number of ether oxygens (including phenoxy) is 2. The van der Waals surface area contributed by atoms with Crippen LogP contribution in [0, 0.1) is 19.8 Å². The summed E-state index contributed by atoms with van der Waals surface area (Å²) in [6, 6.07) is 11.4. The maximum atomic E-state index is 12.5. The molecule has 0 spiro atoms. The monoisotopic (exact) mass is 444 g/mol. The molecule has 0 unspecified atom stereocenters. The third-order valence-corrected chi connectivity index (χ3v) is 5.76. The molecular weight excluding hydrogens is 416 g/mol. The summed E-state index contributed by atoms with van der Waals surface area (Å²) >= 11 is 6.11. The van der Waals surface area contributed by atoms with E-state index in [0.29, 0.717) is 18.1 Å². The van der Waals surface area contributed by atoms with Gasteiger partial charge in [-0.3, -0.25) is 14.5 Å². The van der Waals surface area contributed by atoms with Crippen molar-refractivity contribution in [3.05, 3.63) is 58.1 Å². The maximum Gasteiger partial charge on any atom is 0.224 e. The highest BCUT2D eigenvalue weighted by atomic mass is 35.5. The number of carbonyl (C=O) groups excluding carboxylic acids is 2. The van der Waals surface area contributed by atoms with Gasteiger partial charge in [-0.25, -0.2) is 0 Å². The van der Waals surface area contributed by atoms with Gasteiger partial charge in [0.15, 0.2) is 5.78 Å². The quantitative estimate of drug-likeness (QED) is 0.640. The zero-order valence-corrected chi connectivity index (χ0v) is 19.0. The van der Waals surface area contributed by atoms with Crippen LogP contribution in [0.15, 0.2) is 36.4 Å². The molecular formula is C24H29ClN2O4. The molecule has 6 nitrogen and oxygen atoms in total. The Bertz CT molecular complexity index is 927. The van der Waals surface area contributed by atoms with Gasteiger partial charge in [-0.05, 0) is 56.1 Å². The molecule has 2 aromatic carbocycles.